The van der Waals surface area contributed by atoms with E-state index >= 15 is 0 Å². The zero-order chi connectivity index (χ0) is 62.1. The molecule has 0 bridgehead atoms. The molecule has 2 atom stereocenters. The number of unbranched alkanes of at least 4 members (excludes halogenated alkanes) is 34. The van der Waals surface area contributed by atoms with Gasteiger partial charge in [-0.3, -0.25) is 24.1 Å². The molecule has 0 amide bonds. The lowest BCUT2D eigenvalue weighted by Gasteiger charge is -2.37. The van der Waals surface area contributed by atoms with Gasteiger partial charge in [-0.2, -0.15) is 0 Å². The number of rotatable bonds is 63. The Morgan fingerprint density at radius 1 is 0.453 bits per heavy atom. The second-order valence-electron chi connectivity index (χ2n) is 25.8. The van der Waals surface area contributed by atoms with Crippen LogP contribution in [-0.4, -0.2) is 85.7 Å². The van der Waals surface area contributed by atoms with Crippen LogP contribution in [0, 0.1) is 0 Å². The molecule has 0 N–H and O–H groups in total. The summed E-state index contributed by atoms with van der Waals surface area (Å²) in [5.41, 5.74) is 1.10. The van der Waals surface area contributed by atoms with Crippen LogP contribution in [0.4, 0.5) is 0 Å². The Hall–Kier alpha value is -3.02. The molecule has 1 saturated heterocycles. The number of nitrogens with zero attached hydrogens (tertiary/aromatic N) is 1. The molecule has 1 fully saturated rings. The Bertz CT molecular complexity index is 1680. The highest BCUT2D eigenvalue weighted by Gasteiger charge is 2.40. The lowest BCUT2D eigenvalue weighted by Crippen LogP contribution is -2.42. The van der Waals surface area contributed by atoms with Crippen LogP contribution in [0.1, 0.15) is 361 Å². The lowest BCUT2D eigenvalue weighted by atomic mass is 9.97. The van der Waals surface area contributed by atoms with E-state index in [1.54, 1.807) is 0 Å². The van der Waals surface area contributed by atoms with Gasteiger partial charge in [0.2, 0.25) is 5.79 Å². The van der Waals surface area contributed by atoms with Gasteiger partial charge in [0.25, 0.3) is 0 Å². The van der Waals surface area contributed by atoms with E-state index in [1.807, 2.05) is 30.3 Å². The minimum atomic E-state index is -0.859. The lowest BCUT2D eigenvalue weighted by molar-refractivity contribution is -0.259. The van der Waals surface area contributed by atoms with Crippen LogP contribution in [0.2, 0.25) is 0 Å². The van der Waals surface area contributed by atoms with Crippen molar-refractivity contribution in [1.29, 1.82) is 0 Å². The number of ether oxygens (including phenoxy) is 6. The van der Waals surface area contributed by atoms with E-state index in [4.69, 9.17) is 28.4 Å². The Morgan fingerprint density at radius 3 is 1.41 bits per heavy atom. The van der Waals surface area contributed by atoms with Gasteiger partial charge in [-0.1, -0.05) is 283 Å². The number of carbonyl (C=O) groups is 4. The fraction of sp³-hybridized carbons (Fsp3) is 0.867. The largest absolute Gasteiger partial charge is 0.466 e. The average Bonchev–Trinajstić information content (AvgIpc) is 3.59. The van der Waals surface area contributed by atoms with Crippen LogP contribution in [0.3, 0.4) is 0 Å². The Morgan fingerprint density at radius 2 is 0.884 bits per heavy atom. The van der Waals surface area contributed by atoms with E-state index in [1.165, 1.54) is 173 Å². The van der Waals surface area contributed by atoms with E-state index in [0.29, 0.717) is 65.2 Å². The second kappa shape index (κ2) is 57.2. The quantitative estimate of drug-likeness (QED) is 0.0268. The van der Waals surface area contributed by atoms with Crippen LogP contribution < -0.4 is 0 Å². The summed E-state index contributed by atoms with van der Waals surface area (Å²) in [5, 5.41) is 0. The molecule has 1 heterocycles. The van der Waals surface area contributed by atoms with Crippen LogP contribution in [0.5, 0.6) is 0 Å². The Balaban J connectivity index is 1.97. The van der Waals surface area contributed by atoms with Crippen LogP contribution >= 0.6 is 0 Å². The topological polar surface area (TPSA) is 127 Å². The number of benzene rings is 1. The third-order valence-corrected chi connectivity index (χ3v) is 17.6. The van der Waals surface area contributed by atoms with Crippen molar-refractivity contribution < 1.29 is 47.6 Å². The normalized spacial score (nSPS) is 14.5. The molecule has 1 aromatic rings. The molecular formula is C75H135NO10. The molecule has 0 spiro atoms. The number of likely N-dealkylation sites (tertiary alicyclic amines) is 1. The first-order valence-electron chi connectivity index (χ1n) is 37.0. The van der Waals surface area contributed by atoms with Crippen molar-refractivity contribution in [3.05, 3.63) is 35.9 Å². The molecule has 11 nitrogen and oxygen atoms in total. The van der Waals surface area contributed by atoms with Crippen molar-refractivity contribution in [1.82, 2.24) is 4.90 Å². The maximum absolute atomic E-state index is 14.1. The van der Waals surface area contributed by atoms with E-state index in [2.05, 4.69) is 39.5 Å². The molecule has 86 heavy (non-hydrogen) atoms. The summed E-state index contributed by atoms with van der Waals surface area (Å²) in [7, 11) is 0. The van der Waals surface area contributed by atoms with Crippen molar-refractivity contribution in [2.75, 3.05) is 32.9 Å². The molecule has 1 aliphatic heterocycles. The summed E-state index contributed by atoms with van der Waals surface area (Å²) < 4.78 is 37.3. The van der Waals surface area contributed by atoms with Gasteiger partial charge in [-0.15, -0.1) is 0 Å². The smallest absolute Gasteiger partial charge is 0.323 e. The maximum Gasteiger partial charge on any atom is 0.323 e. The fourth-order valence-corrected chi connectivity index (χ4v) is 12.2. The third-order valence-electron chi connectivity index (χ3n) is 17.6. The van der Waals surface area contributed by atoms with Crippen molar-refractivity contribution in [2.45, 2.75) is 386 Å². The van der Waals surface area contributed by atoms with Crippen molar-refractivity contribution in [2.24, 2.45) is 0 Å². The molecule has 1 aliphatic rings. The van der Waals surface area contributed by atoms with Crippen LogP contribution in [0.25, 0.3) is 0 Å². The molecule has 1 unspecified atom stereocenters. The second-order valence-corrected chi connectivity index (χ2v) is 25.8. The molecule has 1 aromatic carbocycles. The first kappa shape index (κ1) is 79.1. The zero-order valence-electron chi connectivity index (χ0n) is 56.7. The number of carbonyl (C=O) groups excluding carboxylic acids is 4. The molecular weight excluding hydrogens is 1070 g/mol. The first-order valence-corrected chi connectivity index (χ1v) is 37.0. The monoisotopic (exact) mass is 1210 g/mol. The molecule has 0 aliphatic carbocycles. The van der Waals surface area contributed by atoms with Gasteiger partial charge in [0, 0.05) is 51.7 Å². The maximum atomic E-state index is 14.1. The zero-order valence-corrected chi connectivity index (χ0v) is 56.7. The Labute approximate surface area is 529 Å². The molecule has 0 saturated carbocycles. The minimum absolute atomic E-state index is 0.115. The molecule has 11 heteroatoms. The highest BCUT2D eigenvalue weighted by Crippen LogP contribution is 2.34. The predicted molar refractivity (Wildman–Crippen MR) is 356 cm³/mol. The number of hydrogen-bond acceptors (Lipinski definition) is 11. The highest BCUT2D eigenvalue weighted by molar-refractivity contribution is 5.76. The summed E-state index contributed by atoms with van der Waals surface area (Å²) >= 11 is 0. The summed E-state index contributed by atoms with van der Waals surface area (Å²) in [6, 6.07) is 9.50. The van der Waals surface area contributed by atoms with Gasteiger partial charge in [-0.25, -0.2) is 0 Å². The fourth-order valence-electron chi connectivity index (χ4n) is 12.2. The SMILES string of the molecule is CCCCCCCCCCCOC(=O)CCCCCN1CC(OC(=O)CCCOCc2ccccc2)C[C@H]1C(=O)OCCCCCCCC(=O)OC(CCCCCCCC)(CCCCCCCC)OC(CCCCCCCC)CCCCCCCC. The van der Waals surface area contributed by atoms with Crippen LogP contribution in [-0.2, 0) is 54.2 Å². The standard InChI is InChI=1S/C75H135NO10/c1-6-11-16-21-26-27-28-35-48-62-82-71(77)55-44-38-47-60-76-65-69(84-72(78)57-50-61-81-66-67-51-39-37-40-52-67)64-70(76)74(80)83-63-49-36-29-32-43-56-73(79)86-75(58-45-33-24-19-14-9-4,59-46-34-25-20-15-10-5)85-68(53-41-30-22-17-12-7-2)54-42-31-23-18-13-8-3/h37,39-40,51-52,68-70H,6-36,38,41-50,53-66H2,1-5H3/t69?,70-/m0/s1. The first-order chi connectivity index (χ1) is 42.2. The van der Waals surface area contributed by atoms with Gasteiger partial charge >= 0.3 is 23.9 Å². The van der Waals surface area contributed by atoms with E-state index < -0.39 is 17.9 Å². The highest BCUT2D eigenvalue weighted by atomic mass is 16.7. The summed E-state index contributed by atoms with van der Waals surface area (Å²) in [6.07, 6.45) is 52.6. The van der Waals surface area contributed by atoms with Gasteiger partial charge in [0.15, 0.2) is 0 Å². The molecule has 2 rings (SSSR count). The molecule has 0 radical (unpaired) electrons. The minimum Gasteiger partial charge on any atom is -0.466 e. The van der Waals surface area contributed by atoms with Gasteiger partial charge in [0.05, 0.1) is 25.9 Å². The number of esters is 4. The summed E-state index contributed by atoms with van der Waals surface area (Å²) in [6.45, 7) is 14.3. The van der Waals surface area contributed by atoms with Crippen molar-refractivity contribution in [3.8, 4) is 0 Å². The van der Waals surface area contributed by atoms with Gasteiger partial charge in [-0.05, 0) is 76.3 Å². The van der Waals surface area contributed by atoms with Crippen molar-refractivity contribution in [3.63, 3.8) is 0 Å². The summed E-state index contributed by atoms with van der Waals surface area (Å²) in [4.78, 5) is 55.5. The predicted octanol–water partition coefficient (Wildman–Crippen LogP) is 21.1. The van der Waals surface area contributed by atoms with Gasteiger partial charge in [0.1, 0.15) is 12.1 Å². The van der Waals surface area contributed by atoms with E-state index in [0.717, 1.165) is 121 Å². The average molecular weight is 1210 g/mol. The third kappa shape index (κ3) is 44.4. The molecule has 500 valence electrons. The van der Waals surface area contributed by atoms with Gasteiger partial charge < -0.3 is 28.4 Å². The van der Waals surface area contributed by atoms with E-state index in [9.17, 15) is 19.2 Å². The number of hydrogen-bond donors (Lipinski definition) is 0. The summed E-state index contributed by atoms with van der Waals surface area (Å²) in [5.74, 6) is -1.65. The van der Waals surface area contributed by atoms with Crippen molar-refractivity contribution >= 4 is 23.9 Å². The Kier molecular flexibility index (Phi) is 52.6. The molecule has 0 aromatic heterocycles. The van der Waals surface area contributed by atoms with Crippen LogP contribution in [0.15, 0.2) is 30.3 Å². The van der Waals surface area contributed by atoms with E-state index in [-0.39, 0.29) is 36.4 Å².